The summed E-state index contributed by atoms with van der Waals surface area (Å²) in [5, 5.41) is 14.2. The maximum absolute atomic E-state index is 11.7. The Kier molecular flexibility index (Phi) is 5.99. The summed E-state index contributed by atoms with van der Waals surface area (Å²) in [5.41, 5.74) is -0.321. The monoisotopic (exact) mass is 244 g/mol. The molecule has 0 aliphatic carbocycles. The minimum absolute atomic E-state index is 0.146. The lowest BCUT2D eigenvalue weighted by Crippen LogP contribution is -2.54. The van der Waals surface area contributed by atoms with Crippen LogP contribution in [0.15, 0.2) is 0 Å². The number of aliphatic carboxylic acids is 1. The highest BCUT2D eigenvalue weighted by atomic mass is 16.4. The summed E-state index contributed by atoms with van der Waals surface area (Å²) in [6.07, 6.45) is 1.81. The fourth-order valence-corrected chi connectivity index (χ4v) is 1.69. The number of amides is 2. The molecule has 0 aliphatic rings. The Morgan fingerprint density at radius 3 is 2.18 bits per heavy atom. The average Bonchev–Trinajstić information content (AvgIpc) is 2.11. The van der Waals surface area contributed by atoms with E-state index in [1.54, 1.807) is 13.8 Å². The van der Waals surface area contributed by atoms with Crippen molar-refractivity contribution in [3.05, 3.63) is 0 Å². The van der Waals surface area contributed by atoms with Gasteiger partial charge >= 0.3 is 12.0 Å². The predicted octanol–water partition coefficient (Wildman–Crippen LogP) is 1.97. The number of carbonyl (C=O) groups excluding carboxylic acids is 1. The number of hydrogen-bond acceptors (Lipinski definition) is 2. The number of urea groups is 1. The van der Waals surface area contributed by atoms with Crippen LogP contribution in [0.1, 0.15) is 47.5 Å². The quantitative estimate of drug-likeness (QED) is 0.668. The van der Waals surface area contributed by atoms with Gasteiger partial charge in [0.1, 0.15) is 6.04 Å². The number of carboxylic acids is 1. The normalized spacial score (nSPS) is 13.3. The van der Waals surface area contributed by atoms with Gasteiger partial charge in [-0.3, -0.25) is 0 Å². The molecular weight excluding hydrogens is 220 g/mol. The number of rotatable bonds is 6. The Morgan fingerprint density at radius 1 is 1.29 bits per heavy atom. The van der Waals surface area contributed by atoms with Crippen LogP contribution in [-0.2, 0) is 4.79 Å². The molecule has 0 rings (SSSR count). The zero-order valence-electron chi connectivity index (χ0n) is 11.3. The highest BCUT2D eigenvalue weighted by Crippen LogP contribution is 2.10. The standard InChI is InChI=1S/C12H24N2O3/c1-6-7-12(4,5)14-11(17)13-9(8(2)3)10(15)16/h8-9H,6-7H2,1-5H3,(H,15,16)(H2,13,14,17)/t9-/m1/s1. The Morgan fingerprint density at radius 2 is 1.82 bits per heavy atom. The minimum atomic E-state index is -1.01. The van der Waals surface area contributed by atoms with Gasteiger partial charge in [-0.25, -0.2) is 9.59 Å². The molecule has 0 aromatic rings. The van der Waals surface area contributed by atoms with Crippen LogP contribution >= 0.6 is 0 Å². The van der Waals surface area contributed by atoms with Gasteiger partial charge < -0.3 is 15.7 Å². The van der Waals surface area contributed by atoms with Crippen LogP contribution in [0, 0.1) is 5.92 Å². The van der Waals surface area contributed by atoms with E-state index in [0.29, 0.717) is 0 Å². The first-order valence-electron chi connectivity index (χ1n) is 6.01. The van der Waals surface area contributed by atoms with Gasteiger partial charge in [0, 0.05) is 5.54 Å². The Bertz CT molecular complexity index is 275. The van der Waals surface area contributed by atoms with Crippen molar-refractivity contribution in [1.29, 1.82) is 0 Å². The van der Waals surface area contributed by atoms with E-state index in [2.05, 4.69) is 10.6 Å². The van der Waals surface area contributed by atoms with E-state index in [4.69, 9.17) is 5.11 Å². The van der Waals surface area contributed by atoms with E-state index in [1.807, 2.05) is 20.8 Å². The van der Waals surface area contributed by atoms with Crippen molar-refractivity contribution in [3.63, 3.8) is 0 Å². The lowest BCUT2D eigenvalue weighted by Gasteiger charge is -2.27. The van der Waals surface area contributed by atoms with Gasteiger partial charge in [0.05, 0.1) is 0 Å². The van der Waals surface area contributed by atoms with E-state index in [9.17, 15) is 9.59 Å². The topological polar surface area (TPSA) is 78.4 Å². The smallest absolute Gasteiger partial charge is 0.326 e. The molecule has 1 atom stereocenters. The third-order valence-corrected chi connectivity index (χ3v) is 2.55. The largest absolute Gasteiger partial charge is 0.480 e. The van der Waals surface area contributed by atoms with Gasteiger partial charge in [-0.1, -0.05) is 27.2 Å². The van der Waals surface area contributed by atoms with Gasteiger partial charge in [0.25, 0.3) is 0 Å². The summed E-state index contributed by atoms with van der Waals surface area (Å²) in [5.74, 6) is -1.16. The van der Waals surface area contributed by atoms with E-state index in [0.717, 1.165) is 12.8 Å². The van der Waals surface area contributed by atoms with Crippen LogP contribution in [0.25, 0.3) is 0 Å². The second kappa shape index (κ2) is 6.47. The summed E-state index contributed by atoms with van der Waals surface area (Å²) in [6.45, 7) is 9.39. The Hall–Kier alpha value is -1.26. The zero-order chi connectivity index (χ0) is 13.6. The molecule has 0 aliphatic heterocycles. The Labute approximate surface area is 103 Å². The van der Waals surface area contributed by atoms with E-state index >= 15 is 0 Å². The van der Waals surface area contributed by atoms with Gasteiger partial charge in [-0.15, -0.1) is 0 Å². The lowest BCUT2D eigenvalue weighted by atomic mass is 9.99. The molecule has 0 aromatic carbocycles. The van der Waals surface area contributed by atoms with Crippen LogP contribution in [0.3, 0.4) is 0 Å². The first kappa shape index (κ1) is 15.7. The summed E-state index contributed by atoms with van der Waals surface area (Å²) < 4.78 is 0. The zero-order valence-corrected chi connectivity index (χ0v) is 11.3. The maximum atomic E-state index is 11.7. The molecule has 0 aromatic heterocycles. The second-order valence-corrected chi connectivity index (χ2v) is 5.29. The van der Waals surface area contributed by atoms with Crippen molar-refractivity contribution in [1.82, 2.24) is 10.6 Å². The van der Waals surface area contributed by atoms with Crippen LogP contribution < -0.4 is 10.6 Å². The van der Waals surface area contributed by atoms with E-state index in [-0.39, 0.29) is 11.5 Å². The number of carboxylic acid groups (broad SMARTS) is 1. The molecule has 2 amide bonds. The number of carbonyl (C=O) groups is 2. The molecule has 5 heteroatoms. The summed E-state index contributed by atoms with van der Waals surface area (Å²) in [4.78, 5) is 22.6. The highest BCUT2D eigenvalue weighted by molar-refractivity contribution is 5.83. The molecule has 0 bridgehead atoms. The van der Waals surface area contributed by atoms with Crippen LogP contribution in [0.2, 0.25) is 0 Å². The van der Waals surface area contributed by atoms with Crippen LogP contribution in [0.4, 0.5) is 4.79 Å². The van der Waals surface area contributed by atoms with Gasteiger partial charge in [0.2, 0.25) is 0 Å². The third kappa shape index (κ3) is 6.14. The molecule has 0 unspecified atom stereocenters. The molecule has 0 radical (unpaired) electrons. The molecule has 0 saturated carbocycles. The van der Waals surface area contributed by atoms with Crippen molar-refractivity contribution >= 4 is 12.0 Å². The average molecular weight is 244 g/mol. The van der Waals surface area contributed by atoms with Crippen molar-refractivity contribution in [2.45, 2.75) is 59.0 Å². The van der Waals surface area contributed by atoms with E-state index in [1.165, 1.54) is 0 Å². The third-order valence-electron chi connectivity index (χ3n) is 2.55. The van der Waals surface area contributed by atoms with Gasteiger partial charge in [-0.05, 0) is 26.2 Å². The highest BCUT2D eigenvalue weighted by Gasteiger charge is 2.26. The Balaban J connectivity index is 4.38. The van der Waals surface area contributed by atoms with Crippen molar-refractivity contribution in [3.8, 4) is 0 Å². The van der Waals surface area contributed by atoms with Crippen molar-refractivity contribution in [2.75, 3.05) is 0 Å². The molecule has 17 heavy (non-hydrogen) atoms. The molecule has 0 saturated heterocycles. The summed E-state index contributed by atoms with van der Waals surface area (Å²) in [7, 11) is 0. The SMILES string of the molecule is CCCC(C)(C)NC(=O)N[C@@H](C(=O)O)C(C)C. The fraction of sp³-hybridized carbons (Fsp3) is 0.833. The molecule has 0 heterocycles. The second-order valence-electron chi connectivity index (χ2n) is 5.29. The van der Waals surface area contributed by atoms with Gasteiger partial charge in [0.15, 0.2) is 0 Å². The minimum Gasteiger partial charge on any atom is -0.480 e. The maximum Gasteiger partial charge on any atom is 0.326 e. The fourth-order valence-electron chi connectivity index (χ4n) is 1.69. The molecule has 0 fully saturated rings. The van der Waals surface area contributed by atoms with Gasteiger partial charge in [-0.2, -0.15) is 0 Å². The van der Waals surface area contributed by atoms with E-state index < -0.39 is 18.0 Å². The number of nitrogens with one attached hydrogen (secondary N) is 2. The first-order chi connectivity index (χ1) is 7.69. The number of hydrogen-bond donors (Lipinski definition) is 3. The lowest BCUT2D eigenvalue weighted by molar-refractivity contribution is -0.140. The van der Waals surface area contributed by atoms with Crippen molar-refractivity contribution < 1.29 is 14.7 Å². The molecule has 5 nitrogen and oxygen atoms in total. The van der Waals surface area contributed by atoms with Crippen LogP contribution in [0.5, 0.6) is 0 Å². The van der Waals surface area contributed by atoms with Crippen molar-refractivity contribution in [2.24, 2.45) is 5.92 Å². The summed E-state index contributed by atoms with van der Waals surface area (Å²) >= 11 is 0. The summed E-state index contributed by atoms with van der Waals surface area (Å²) in [6, 6.07) is -1.28. The molecule has 100 valence electrons. The molecular formula is C12H24N2O3. The first-order valence-corrected chi connectivity index (χ1v) is 6.01. The molecule has 3 N–H and O–H groups in total. The predicted molar refractivity (Wildman–Crippen MR) is 66.9 cm³/mol. The molecule has 0 spiro atoms. The van der Waals surface area contributed by atoms with Crippen LogP contribution in [-0.4, -0.2) is 28.7 Å².